The number of hydrogen-bond donors (Lipinski definition) is 3. The number of rotatable bonds is 5. The van der Waals surface area contributed by atoms with Crippen LogP contribution < -0.4 is 15.5 Å². The van der Waals surface area contributed by atoms with E-state index in [2.05, 4.69) is 51.8 Å². The van der Waals surface area contributed by atoms with Crippen molar-refractivity contribution >= 4 is 23.4 Å². The number of pyridine rings is 1. The topological polar surface area (TPSA) is 129 Å². The minimum atomic E-state index is -0.825. The van der Waals surface area contributed by atoms with Crippen LogP contribution in [0.3, 0.4) is 0 Å². The number of nitrogens with zero attached hydrogens (tertiary/aromatic N) is 5. The Labute approximate surface area is 249 Å². The first kappa shape index (κ1) is 31.2. The van der Waals surface area contributed by atoms with Crippen LogP contribution >= 0.6 is 0 Å². The standard InChI is InChI=1S/C29H36N6O2.C4H10O/c1-18-23(16-25(36)37)27(34-13-9-29(3,4)10-14-34)26(19(2)32-18)21-5-6-22-17-35(12-8-20(22)15-21)24-7-11-31-28(30)33-24;1-4(2,3)5/h5-7,11,15H,8-10,12-14,16-17H2,1-4H3,(H,36,37)(H2,30,31,33);5H,1-3H3. The maximum absolute atomic E-state index is 11.9. The largest absolute Gasteiger partial charge is 0.481 e. The van der Waals surface area contributed by atoms with E-state index in [-0.39, 0.29) is 12.4 Å². The van der Waals surface area contributed by atoms with Crippen LogP contribution in [-0.4, -0.2) is 56.4 Å². The van der Waals surface area contributed by atoms with Gasteiger partial charge < -0.3 is 25.7 Å². The molecule has 9 nitrogen and oxygen atoms in total. The summed E-state index contributed by atoms with van der Waals surface area (Å²) in [5.41, 5.74) is 14.0. The Bertz CT molecular complexity index is 1430. The van der Waals surface area contributed by atoms with Gasteiger partial charge in [-0.15, -0.1) is 0 Å². The Morgan fingerprint density at radius 3 is 2.29 bits per heavy atom. The van der Waals surface area contributed by atoms with Crippen LogP contribution in [0.25, 0.3) is 11.1 Å². The average Bonchev–Trinajstić information content (AvgIpc) is 2.88. The van der Waals surface area contributed by atoms with E-state index in [9.17, 15) is 9.90 Å². The Kier molecular flexibility index (Phi) is 9.11. The molecule has 2 aliphatic heterocycles. The quantitative estimate of drug-likeness (QED) is 0.370. The molecule has 3 aromatic rings. The van der Waals surface area contributed by atoms with Crippen molar-refractivity contribution in [3.05, 3.63) is 58.5 Å². The SMILES string of the molecule is CC(C)(C)O.Cc1nc(C)c(-c2ccc3c(c2)CCN(c2ccnc(N)n2)C3)c(N2CCC(C)(C)CC2)c1CC(=O)O. The highest BCUT2D eigenvalue weighted by Crippen LogP contribution is 2.42. The number of aromatic nitrogens is 3. The Balaban J connectivity index is 0.000000748. The molecule has 226 valence electrons. The van der Waals surface area contributed by atoms with Crippen LogP contribution in [0.15, 0.2) is 30.5 Å². The fourth-order valence-electron chi connectivity index (χ4n) is 5.71. The molecule has 0 radical (unpaired) electrons. The van der Waals surface area contributed by atoms with Crippen molar-refractivity contribution in [2.45, 2.75) is 86.3 Å². The minimum absolute atomic E-state index is 0.0245. The number of carboxylic acid groups (broad SMARTS) is 1. The van der Waals surface area contributed by atoms with Crippen LogP contribution in [0.2, 0.25) is 0 Å². The molecule has 0 aliphatic carbocycles. The normalized spacial score (nSPS) is 16.4. The first-order chi connectivity index (χ1) is 19.6. The fraction of sp³-hybridized carbons (Fsp3) is 0.515. The number of anilines is 3. The number of aliphatic hydroxyl groups is 1. The van der Waals surface area contributed by atoms with Gasteiger partial charge in [0.15, 0.2) is 0 Å². The first-order valence-electron chi connectivity index (χ1n) is 14.8. The molecule has 5 rings (SSSR count). The van der Waals surface area contributed by atoms with Crippen LogP contribution in [0.5, 0.6) is 0 Å². The second-order valence-electron chi connectivity index (χ2n) is 13.3. The number of piperidine rings is 1. The number of nitrogen functional groups attached to an aromatic ring is 1. The third kappa shape index (κ3) is 7.76. The van der Waals surface area contributed by atoms with Crippen molar-refractivity contribution in [2.24, 2.45) is 5.41 Å². The number of aryl methyl sites for hydroxylation is 2. The monoisotopic (exact) mass is 574 g/mol. The van der Waals surface area contributed by atoms with Gasteiger partial charge in [-0.2, -0.15) is 4.98 Å². The zero-order chi connectivity index (χ0) is 30.8. The summed E-state index contributed by atoms with van der Waals surface area (Å²) < 4.78 is 0. The molecule has 4 N–H and O–H groups in total. The second-order valence-corrected chi connectivity index (χ2v) is 13.3. The summed E-state index contributed by atoms with van der Waals surface area (Å²) in [4.78, 5) is 29.8. The number of hydrogen-bond acceptors (Lipinski definition) is 8. The van der Waals surface area contributed by atoms with Gasteiger partial charge in [0.25, 0.3) is 0 Å². The molecule has 42 heavy (non-hydrogen) atoms. The minimum Gasteiger partial charge on any atom is -0.481 e. The summed E-state index contributed by atoms with van der Waals surface area (Å²) in [6.45, 7) is 17.3. The number of aliphatic carboxylic acids is 1. The fourth-order valence-corrected chi connectivity index (χ4v) is 5.71. The summed E-state index contributed by atoms with van der Waals surface area (Å²) in [5.74, 6) is 0.301. The number of fused-ring (bicyclic) bond motifs is 1. The smallest absolute Gasteiger partial charge is 0.307 e. The zero-order valence-electron chi connectivity index (χ0n) is 26.2. The van der Waals surface area contributed by atoms with Gasteiger partial charge >= 0.3 is 5.97 Å². The zero-order valence-corrected chi connectivity index (χ0v) is 26.2. The molecule has 0 bridgehead atoms. The van der Waals surface area contributed by atoms with Crippen molar-refractivity contribution in [3.63, 3.8) is 0 Å². The molecule has 2 aromatic heterocycles. The van der Waals surface area contributed by atoms with E-state index in [0.717, 1.165) is 85.0 Å². The van der Waals surface area contributed by atoms with Crippen molar-refractivity contribution in [3.8, 4) is 11.1 Å². The molecule has 0 atom stereocenters. The third-order valence-electron chi connectivity index (χ3n) is 7.91. The summed E-state index contributed by atoms with van der Waals surface area (Å²) in [6, 6.07) is 8.54. The summed E-state index contributed by atoms with van der Waals surface area (Å²) in [5, 5.41) is 18.3. The lowest BCUT2D eigenvalue weighted by molar-refractivity contribution is -0.136. The van der Waals surface area contributed by atoms with Gasteiger partial charge in [-0.1, -0.05) is 32.0 Å². The van der Waals surface area contributed by atoms with Gasteiger partial charge in [0, 0.05) is 54.9 Å². The molecule has 2 aliphatic rings. The second kappa shape index (κ2) is 12.3. The van der Waals surface area contributed by atoms with Crippen LogP contribution in [0.4, 0.5) is 17.5 Å². The van der Waals surface area contributed by atoms with Crippen molar-refractivity contribution in [1.82, 2.24) is 15.0 Å². The average molecular weight is 575 g/mol. The van der Waals surface area contributed by atoms with Crippen molar-refractivity contribution < 1.29 is 15.0 Å². The highest BCUT2D eigenvalue weighted by molar-refractivity contribution is 5.86. The van der Waals surface area contributed by atoms with Crippen LogP contribution in [-0.2, 0) is 24.2 Å². The molecule has 9 heteroatoms. The molecular formula is C33H46N6O3. The Morgan fingerprint density at radius 2 is 1.67 bits per heavy atom. The van der Waals surface area contributed by atoms with E-state index in [1.165, 1.54) is 11.1 Å². The molecule has 1 aromatic carbocycles. The van der Waals surface area contributed by atoms with E-state index in [4.69, 9.17) is 15.8 Å². The predicted octanol–water partition coefficient (Wildman–Crippen LogP) is 5.33. The molecule has 0 amide bonds. The van der Waals surface area contributed by atoms with Gasteiger partial charge in [0.05, 0.1) is 17.7 Å². The van der Waals surface area contributed by atoms with E-state index in [1.54, 1.807) is 27.0 Å². The first-order valence-corrected chi connectivity index (χ1v) is 14.8. The molecule has 0 spiro atoms. The van der Waals surface area contributed by atoms with E-state index < -0.39 is 11.6 Å². The molecule has 1 fully saturated rings. The van der Waals surface area contributed by atoms with Gasteiger partial charge in [-0.25, -0.2) is 4.98 Å². The van der Waals surface area contributed by atoms with Crippen LogP contribution in [0.1, 0.15) is 75.5 Å². The van der Waals surface area contributed by atoms with E-state index in [1.807, 2.05) is 19.9 Å². The van der Waals surface area contributed by atoms with Crippen LogP contribution in [0, 0.1) is 19.3 Å². The van der Waals surface area contributed by atoms with Gasteiger partial charge in [-0.3, -0.25) is 9.78 Å². The lowest BCUT2D eigenvalue weighted by atomic mass is 9.82. The maximum Gasteiger partial charge on any atom is 0.307 e. The highest BCUT2D eigenvalue weighted by atomic mass is 16.4. The van der Waals surface area contributed by atoms with Crippen molar-refractivity contribution in [2.75, 3.05) is 35.2 Å². The molecule has 0 saturated carbocycles. The van der Waals surface area contributed by atoms with Gasteiger partial charge in [0.1, 0.15) is 5.82 Å². The molecular weight excluding hydrogens is 528 g/mol. The van der Waals surface area contributed by atoms with Gasteiger partial charge in [-0.05, 0) is 82.1 Å². The predicted molar refractivity (Wildman–Crippen MR) is 169 cm³/mol. The highest BCUT2D eigenvalue weighted by Gasteiger charge is 2.30. The lowest BCUT2D eigenvalue weighted by Gasteiger charge is -2.40. The van der Waals surface area contributed by atoms with E-state index >= 15 is 0 Å². The lowest BCUT2D eigenvalue weighted by Crippen LogP contribution is -2.38. The Hall–Kier alpha value is -3.72. The number of carboxylic acids is 1. The van der Waals surface area contributed by atoms with E-state index in [0.29, 0.717) is 5.41 Å². The van der Waals surface area contributed by atoms with Gasteiger partial charge in [0.2, 0.25) is 5.95 Å². The molecule has 4 heterocycles. The Morgan fingerprint density at radius 1 is 1.00 bits per heavy atom. The molecule has 1 saturated heterocycles. The molecule has 0 unspecified atom stereocenters. The summed E-state index contributed by atoms with van der Waals surface area (Å²) in [7, 11) is 0. The summed E-state index contributed by atoms with van der Waals surface area (Å²) >= 11 is 0. The summed E-state index contributed by atoms with van der Waals surface area (Å²) in [6.07, 6.45) is 4.71. The maximum atomic E-state index is 11.9. The third-order valence-corrected chi connectivity index (χ3v) is 7.91. The number of benzene rings is 1. The number of nitrogens with two attached hydrogens (primary N) is 1. The van der Waals surface area contributed by atoms with Crippen molar-refractivity contribution in [1.29, 1.82) is 0 Å². The number of carbonyl (C=O) groups is 1.